The second kappa shape index (κ2) is 8.13. The SMILES string of the molecule is O=C(/C(C=Nc1cc(C(F)(F)F)cc(C(F)(F)F)c1)=C(\O)c1cccs1)C(F)(F)F. The van der Waals surface area contributed by atoms with E-state index in [9.17, 15) is 49.4 Å². The van der Waals surface area contributed by atoms with Crippen LogP contribution in [-0.2, 0) is 17.1 Å². The Hall–Kier alpha value is -2.83. The van der Waals surface area contributed by atoms with Crippen LogP contribution in [0.3, 0.4) is 0 Å². The van der Waals surface area contributed by atoms with Crippen LogP contribution in [-0.4, -0.2) is 23.3 Å². The fraction of sp³-hybridized carbons (Fsp3) is 0.176. The number of rotatable bonds is 4. The van der Waals surface area contributed by atoms with Gasteiger partial charge in [-0.3, -0.25) is 9.79 Å². The van der Waals surface area contributed by atoms with E-state index in [0.29, 0.717) is 0 Å². The number of carbonyl (C=O) groups excluding carboxylic acids is 1. The first-order valence-electron chi connectivity index (χ1n) is 7.53. The maximum Gasteiger partial charge on any atom is 0.455 e. The van der Waals surface area contributed by atoms with Crippen LogP contribution in [0.15, 0.2) is 46.3 Å². The van der Waals surface area contributed by atoms with Gasteiger partial charge in [-0.2, -0.15) is 39.5 Å². The second-order valence-electron chi connectivity index (χ2n) is 5.59. The number of aliphatic hydroxyl groups excluding tert-OH is 1. The highest BCUT2D eigenvalue weighted by Gasteiger charge is 2.42. The van der Waals surface area contributed by atoms with Crippen molar-refractivity contribution in [2.75, 3.05) is 0 Å². The van der Waals surface area contributed by atoms with Gasteiger partial charge in [0.1, 0.15) is 5.76 Å². The largest absolute Gasteiger partial charge is 0.506 e. The van der Waals surface area contributed by atoms with Gasteiger partial charge in [-0.05, 0) is 29.6 Å². The lowest BCUT2D eigenvalue weighted by atomic mass is 10.1. The molecule has 3 nitrogen and oxygen atoms in total. The summed E-state index contributed by atoms with van der Waals surface area (Å²) < 4.78 is 116. The van der Waals surface area contributed by atoms with Crippen molar-refractivity contribution in [1.29, 1.82) is 0 Å². The number of ketones is 1. The molecule has 2 rings (SSSR count). The molecule has 0 saturated carbocycles. The van der Waals surface area contributed by atoms with Gasteiger partial charge in [0.2, 0.25) is 0 Å². The summed E-state index contributed by atoms with van der Waals surface area (Å²) in [5, 5.41) is 11.3. The van der Waals surface area contributed by atoms with E-state index < -0.39 is 52.5 Å². The number of thiophene rings is 1. The second-order valence-corrected chi connectivity index (χ2v) is 6.54. The van der Waals surface area contributed by atoms with Crippen molar-refractivity contribution in [3.63, 3.8) is 0 Å². The number of allylic oxidation sites excluding steroid dienone is 1. The molecule has 0 aliphatic carbocycles. The lowest BCUT2D eigenvalue weighted by Gasteiger charge is -2.13. The lowest BCUT2D eigenvalue weighted by Crippen LogP contribution is -2.26. The van der Waals surface area contributed by atoms with Crippen molar-refractivity contribution in [2.24, 2.45) is 4.99 Å². The number of benzene rings is 1. The van der Waals surface area contributed by atoms with Crippen LogP contribution in [0.2, 0.25) is 0 Å². The monoisotopic (exact) mass is 461 g/mol. The van der Waals surface area contributed by atoms with E-state index in [2.05, 4.69) is 4.99 Å². The first-order chi connectivity index (χ1) is 13.6. The van der Waals surface area contributed by atoms with E-state index in [1.165, 1.54) is 11.4 Å². The standard InChI is InChI=1S/C17H8F9NO2S/c18-15(19,20)8-4-9(16(21,22)23)6-10(5-8)27-7-11(14(29)17(24,25)26)13(28)12-2-1-3-30-12/h1-7,28H/b13-11-,27-7?. The summed E-state index contributed by atoms with van der Waals surface area (Å²) >= 11 is 0.734. The summed E-state index contributed by atoms with van der Waals surface area (Å²) in [7, 11) is 0. The summed E-state index contributed by atoms with van der Waals surface area (Å²) in [4.78, 5) is 14.5. The van der Waals surface area contributed by atoms with Gasteiger partial charge in [-0.25, -0.2) is 0 Å². The van der Waals surface area contributed by atoms with Crippen molar-refractivity contribution in [2.45, 2.75) is 18.5 Å². The fourth-order valence-electron chi connectivity index (χ4n) is 2.08. The minimum atomic E-state index is -5.49. The molecule has 0 unspecified atom stereocenters. The molecule has 1 heterocycles. The Morgan fingerprint density at radius 3 is 1.87 bits per heavy atom. The quantitative estimate of drug-likeness (QED) is 0.242. The summed E-state index contributed by atoms with van der Waals surface area (Å²) in [5.74, 6) is -3.76. The number of Topliss-reactive ketones (excluding diaryl/α,β-unsaturated/α-hetero) is 1. The fourth-order valence-corrected chi connectivity index (χ4v) is 2.76. The number of hydrogen-bond acceptors (Lipinski definition) is 4. The Morgan fingerprint density at radius 2 is 1.47 bits per heavy atom. The molecule has 0 radical (unpaired) electrons. The normalized spacial score (nSPS) is 14.2. The first-order valence-corrected chi connectivity index (χ1v) is 8.41. The predicted molar refractivity (Wildman–Crippen MR) is 89.5 cm³/mol. The maximum atomic E-state index is 12.9. The van der Waals surface area contributed by atoms with E-state index in [1.54, 1.807) is 0 Å². The number of aliphatic hydroxyl groups is 1. The third kappa shape index (κ3) is 5.62. The van der Waals surface area contributed by atoms with Crippen molar-refractivity contribution in [1.82, 2.24) is 0 Å². The van der Waals surface area contributed by atoms with Crippen molar-refractivity contribution >= 4 is 34.8 Å². The molecule has 162 valence electrons. The third-order valence-corrected chi connectivity index (χ3v) is 4.30. The molecule has 30 heavy (non-hydrogen) atoms. The van der Waals surface area contributed by atoms with Crippen molar-refractivity contribution in [3.8, 4) is 0 Å². The van der Waals surface area contributed by atoms with Gasteiger partial charge >= 0.3 is 18.5 Å². The zero-order valence-corrected chi connectivity index (χ0v) is 15.0. The number of alkyl halides is 9. The van der Waals surface area contributed by atoms with E-state index in [4.69, 9.17) is 0 Å². The Balaban J connectivity index is 2.62. The molecule has 0 fully saturated rings. The molecule has 2 aromatic rings. The number of aliphatic imine (C=N–C) groups is 1. The molecule has 0 bridgehead atoms. The number of halogens is 9. The molecule has 0 atom stereocenters. The highest BCUT2D eigenvalue weighted by molar-refractivity contribution is 7.11. The van der Waals surface area contributed by atoms with Gasteiger partial charge in [-0.1, -0.05) is 6.07 Å². The molecule has 0 spiro atoms. The van der Waals surface area contributed by atoms with E-state index >= 15 is 0 Å². The number of nitrogens with zero attached hydrogens (tertiary/aromatic N) is 1. The van der Waals surface area contributed by atoms with Crippen LogP contribution >= 0.6 is 11.3 Å². The third-order valence-electron chi connectivity index (χ3n) is 3.43. The molecule has 13 heteroatoms. The predicted octanol–water partition coefficient (Wildman–Crippen LogP) is 6.59. The summed E-state index contributed by atoms with van der Waals surface area (Å²) in [6.45, 7) is 0. The Bertz CT molecular complexity index is 952. The van der Waals surface area contributed by atoms with Crippen molar-refractivity contribution in [3.05, 3.63) is 57.3 Å². The van der Waals surface area contributed by atoms with Crippen LogP contribution in [0.1, 0.15) is 16.0 Å². The van der Waals surface area contributed by atoms with Crippen LogP contribution < -0.4 is 0 Å². The molecule has 0 aliphatic rings. The topological polar surface area (TPSA) is 49.7 Å². The Morgan fingerprint density at radius 1 is 0.933 bits per heavy atom. The van der Waals surface area contributed by atoms with Crippen LogP contribution in [0, 0.1) is 0 Å². The van der Waals surface area contributed by atoms with Gasteiger partial charge < -0.3 is 5.11 Å². The Kier molecular flexibility index (Phi) is 6.35. The van der Waals surface area contributed by atoms with Gasteiger partial charge in [0, 0.05) is 6.21 Å². The van der Waals surface area contributed by atoms with Crippen LogP contribution in [0.4, 0.5) is 45.2 Å². The number of carbonyl (C=O) groups is 1. The molecule has 0 amide bonds. The zero-order valence-electron chi connectivity index (χ0n) is 14.2. The highest BCUT2D eigenvalue weighted by atomic mass is 32.1. The van der Waals surface area contributed by atoms with E-state index in [0.717, 1.165) is 17.4 Å². The first kappa shape index (κ1) is 23.4. The number of hydrogen-bond donors (Lipinski definition) is 1. The minimum absolute atomic E-state index is 0.0700. The summed E-state index contributed by atoms with van der Waals surface area (Å²) in [5.41, 5.74) is -5.97. The zero-order chi connectivity index (χ0) is 22.9. The van der Waals surface area contributed by atoms with E-state index in [-0.39, 0.29) is 29.3 Å². The van der Waals surface area contributed by atoms with Crippen LogP contribution in [0.25, 0.3) is 5.76 Å². The molecule has 1 N–H and O–H groups in total. The average molecular weight is 461 g/mol. The van der Waals surface area contributed by atoms with Gasteiger partial charge in [-0.15, -0.1) is 11.3 Å². The average Bonchev–Trinajstić information content (AvgIpc) is 3.13. The molecule has 0 aliphatic heterocycles. The maximum absolute atomic E-state index is 12.9. The van der Waals surface area contributed by atoms with Crippen molar-refractivity contribution < 1.29 is 49.4 Å². The molecular weight excluding hydrogens is 453 g/mol. The van der Waals surface area contributed by atoms with Gasteiger partial charge in [0.25, 0.3) is 5.78 Å². The molecule has 1 aromatic carbocycles. The minimum Gasteiger partial charge on any atom is -0.506 e. The smallest absolute Gasteiger partial charge is 0.455 e. The van der Waals surface area contributed by atoms with Crippen LogP contribution in [0.5, 0.6) is 0 Å². The molecular formula is C17H8F9NO2S. The summed E-state index contributed by atoms with van der Waals surface area (Å²) in [6.07, 6.45) is -15.8. The molecule has 1 aromatic heterocycles. The summed E-state index contributed by atoms with van der Waals surface area (Å²) in [6, 6.07) is 2.59. The highest BCUT2D eigenvalue weighted by Crippen LogP contribution is 2.38. The van der Waals surface area contributed by atoms with E-state index in [1.807, 2.05) is 0 Å². The lowest BCUT2D eigenvalue weighted by molar-refractivity contribution is -0.165. The van der Waals surface area contributed by atoms with Gasteiger partial charge in [0.15, 0.2) is 0 Å². The Labute approximate surface area is 165 Å². The van der Waals surface area contributed by atoms with Gasteiger partial charge in [0.05, 0.1) is 27.3 Å². The molecule has 0 saturated heterocycles.